The lowest BCUT2D eigenvalue weighted by Gasteiger charge is -2.05. The normalized spacial score (nSPS) is 11.4. The van der Waals surface area contributed by atoms with Gasteiger partial charge in [-0.1, -0.05) is 6.07 Å². The molecule has 4 nitrogen and oxygen atoms in total. The molecule has 20 heavy (non-hydrogen) atoms. The van der Waals surface area contributed by atoms with Gasteiger partial charge in [0.25, 0.3) is 10.1 Å². The molecule has 0 saturated heterocycles. The molecule has 1 aromatic carbocycles. The van der Waals surface area contributed by atoms with Crippen LogP contribution in [0.5, 0.6) is 0 Å². The Balaban J connectivity index is 0.000000276. The van der Waals surface area contributed by atoms with Crippen molar-refractivity contribution in [2.24, 2.45) is 0 Å². The minimum atomic E-state index is -4.52. The lowest BCUT2D eigenvalue weighted by atomic mass is 10.2. The summed E-state index contributed by atoms with van der Waals surface area (Å²) in [5, 5.41) is 0. The number of rotatable bonds is 1. The van der Waals surface area contributed by atoms with Gasteiger partial charge in [0.1, 0.15) is 0 Å². The van der Waals surface area contributed by atoms with Crippen molar-refractivity contribution in [3.8, 4) is 0 Å². The molecule has 1 N–H and O–H groups in total. The van der Waals surface area contributed by atoms with Crippen LogP contribution in [0.25, 0.3) is 0 Å². The summed E-state index contributed by atoms with van der Waals surface area (Å²) in [6.45, 7) is 0. The summed E-state index contributed by atoms with van der Waals surface area (Å²) >= 11 is 0. The van der Waals surface area contributed by atoms with Gasteiger partial charge in [0, 0.05) is 12.4 Å². The Kier molecular flexibility index (Phi) is 5.23. The molecule has 0 aliphatic carbocycles. The Hall–Kier alpha value is -1.93. The summed E-state index contributed by atoms with van der Waals surface area (Å²) in [5.41, 5.74) is -0.968. The minimum absolute atomic E-state index is 0.564. The molecule has 0 bridgehead atoms. The number of benzene rings is 1. The third-order valence-corrected chi connectivity index (χ3v) is 2.91. The van der Waals surface area contributed by atoms with E-state index >= 15 is 0 Å². The van der Waals surface area contributed by atoms with Crippen molar-refractivity contribution < 1.29 is 26.1 Å². The molecule has 1 heterocycles. The van der Waals surface area contributed by atoms with Gasteiger partial charge in [-0.15, -0.1) is 0 Å². The average Bonchev–Trinajstić information content (AvgIpc) is 2.40. The van der Waals surface area contributed by atoms with Crippen LogP contribution >= 0.6 is 0 Å². The van der Waals surface area contributed by atoms with Crippen LogP contribution in [0.4, 0.5) is 13.2 Å². The molecule has 108 valence electrons. The molecule has 8 heteroatoms. The Morgan fingerprint density at radius 1 is 0.950 bits per heavy atom. The number of hydrogen-bond donors (Lipinski definition) is 1. The monoisotopic (exact) mass is 305 g/mol. The van der Waals surface area contributed by atoms with Crippen molar-refractivity contribution in [1.29, 1.82) is 0 Å². The van der Waals surface area contributed by atoms with E-state index in [-0.39, 0.29) is 0 Å². The molecule has 0 aliphatic rings. The number of alkyl halides is 3. The lowest BCUT2D eigenvalue weighted by molar-refractivity contribution is -0.137. The summed E-state index contributed by atoms with van der Waals surface area (Å²) in [4.78, 5) is 3.22. The molecule has 0 saturated carbocycles. The van der Waals surface area contributed by atoms with Crippen LogP contribution in [0, 0.1) is 0 Å². The van der Waals surface area contributed by atoms with Gasteiger partial charge >= 0.3 is 6.18 Å². The first-order valence-electron chi connectivity index (χ1n) is 5.21. The second kappa shape index (κ2) is 6.49. The Morgan fingerprint density at radius 2 is 1.45 bits per heavy atom. The molecular formula is C12H10F3NO3S. The van der Waals surface area contributed by atoms with Gasteiger partial charge in [-0.25, -0.2) is 0 Å². The predicted molar refractivity (Wildman–Crippen MR) is 65.5 cm³/mol. The van der Waals surface area contributed by atoms with Gasteiger partial charge in [0.15, 0.2) is 0 Å². The molecular weight excluding hydrogens is 295 g/mol. The summed E-state index contributed by atoms with van der Waals surface area (Å²) in [7, 11) is -4.43. The maximum atomic E-state index is 12.0. The van der Waals surface area contributed by atoms with Crippen LogP contribution in [-0.4, -0.2) is 18.0 Å². The summed E-state index contributed by atoms with van der Waals surface area (Å²) in [6, 6.07) is 8.27. The van der Waals surface area contributed by atoms with E-state index in [0.717, 1.165) is 0 Å². The number of aromatic nitrogens is 1. The highest BCUT2D eigenvalue weighted by Crippen LogP contribution is 2.29. The molecule has 0 fully saturated rings. The van der Waals surface area contributed by atoms with E-state index < -0.39 is 26.8 Å². The lowest BCUT2D eigenvalue weighted by Crippen LogP contribution is -2.05. The van der Waals surface area contributed by atoms with E-state index in [0.29, 0.717) is 24.3 Å². The molecule has 0 amide bonds. The Morgan fingerprint density at radius 3 is 1.70 bits per heavy atom. The first-order chi connectivity index (χ1) is 9.21. The van der Waals surface area contributed by atoms with Crippen molar-refractivity contribution in [2.45, 2.75) is 11.1 Å². The van der Waals surface area contributed by atoms with Gasteiger partial charge in [-0.2, -0.15) is 21.6 Å². The fraction of sp³-hybridized carbons (Fsp3) is 0.0833. The number of hydrogen-bond acceptors (Lipinski definition) is 3. The molecule has 1 aromatic heterocycles. The molecule has 2 rings (SSSR count). The first kappa shape index (κ1) is 16.1. The molecule has 0 spiro atoms. The van der Waals surface area contributed by atoms with Gasteiger partial charge in [-0.3, -0.25) is 9.54 Å². The minimum Gasteiger partial charge on any atom is -0.282 e. The number of pyridine rings is 1. The Bertz CT molecular complexity index is 599. The first-order valence-corrected chi connectivity index (χ1v) is 6.65. The zero-order valence-corrected chi connectivity index (χ0v) is 10.8. The topological polar surface area (TPSA) is 67.3 Å². The van der Waals surface area contributed by atoms with Crippen molar-refractivity contribution >= 4 is 10.1 Å². The van der Waals surface area contributed by atoms with Crippen LogP contribution in [-0.2, 0) is 16.3 Å². The Labute approximate surface area is 113 Å². The predicted octanol–water partition coefficient (Wildman–Crippen LogP) is 3.03. The highest BCUT2D eigenvalue weighted by molar-refractivity contribution is 7.85. The molecule has 0 unspecified atom stereocenters. The van der Waals surface area contributed by atoms with Crippen molar-refractivity contribution in [2.75, 3.05) is 0 Å². The maximum Gasteiger partial charge on any atom is 0.416 e. The van der Waals surface area contributed by atoms with E-state index in [1.807, 2.05) is 18.2 Å². The van der Waals surface area contributed by atoms with Crippen LogP contribution < -0.4 is 0 Å². The zero-order valence-electron chi connectivity index (χ0n) is 9.95. The van der Waals surface area contributed by atoms with Gasteiger partial charge in [0.2, 0.25) is 0 Å². The quantitative estimate of drug-likeness (QED) is 0.822. The maximum absolute atomic E-state index is 12.0. The van der Waals surface area contributed by atoms with Gasteiger partial charge in [-0.05, 0) is 36.4 Å². The molecule has 2 aromatic rings. The van der Waals surface area contributed by atoms with Gasteiger partial charge in [0.05, 0.1) is 10.5 Å². The fourth-order valence-corrected chi connectivity index (χ4v) is 1.61. The van der Waals surface area contributed by atoms with Crippen molar-refractivity contribution in [1.82, 2.24) is 4.98 Å². The van der Waals surface area contributed by atoms with Crippen LogP contribution in [0.15, 0.2) is 59.8 Å². The van der Waals surface area contributed by atoms with Crippen LogP contribution in [0.3, 0.4) is 0 Å². The smallest absolute Gasteiger partial charge is 0.282 e. The number of nitrogens with zero attached hydrogens (tertiary/aromatic N) is 1. The molecule has 0 atom stereocenters. The van der Waals surface area contributed by atoms with Crippen LogP contribution in [0.2, 0.25) is 0 Å². The van der Waals surface area contributed by atoms with Gasteiger partial charge < -0.3 is 0 Å². The van der Waals surface area contributed by atoms with E-state index in [9.17, 15) is 21.6 Å². The molecule has 0 aliphatic heterocycles. The number of halogens is 3. The zero-order chi connectivity index (χ0) is 15.2. The standard InChI is InChI=1S/C7H5F3O3S.C5H5N/c8-7(9,10)5-1-3-6(4-2-5)14(11,12)13;1-2-4-6-5-3-1/h1-4H,(H,11,12,13);1-5H. The highest BCUT2D eigenvalue weighted by atomic mass is 32.2. The highest BCUT2D eigenvalue weighted by Gasteiger charge is 2.30. The third kappa shape index (κ3) is 5.37. The molecule has 0 radical (unpaired) electrons. The second-order valence-corrected chi connectivity index (χ2v) is 4.94. The SMILES string of the molecule is O=S(=O)(O)c1ccc(C(F)(F)F)cc1.c1ccncc1. The fourth-order valence-electron chi connectivity index (χ4n) is 1.13. The van der Waals surface area contributed by atoms with E-state index in [4.69, 9.17) is 4.55 Å². The van der Waals surface area contributed by atoms with E-state index in [1.165, 1.54) is 0 Å². The van der Waals surface area contributed by atoms with Crippen molar-refractivity contribution in [3.05, 3.63) is 60.4 Å². The summed E-state index contributed by atoms with van der Waals surface area (Å²) in [6.07, 6.45) is -1.02. The summed E-state index contributed by atoms with van der Waals surface area (Å²) < 4.78 is 65.4. The van der Waals surface area contributed by atoms with E-state index in [1.54, 1.807) is 12.4 Å². The summed E-state index contributed by atoms with van der Waals surface area (Å²) in [5.74, 6) is 0. The van der Waals surface area contributed by atoms with E-state index in [2.05, 4.69) is 4.98 Å². The largest absolute Gasteiger partial charge is 0.416 e. The van der Waals surface area contributed by atoms with Crippen molar-refractivity contribution in [3.63, 3.8) is 0 Å². The second-order valence-electron chi connectivity index (χ2n) is 3.52. The third-order valence-electron chi connectivity index (χ3n) is 2.05. The average molecular weight is 305 g/mol. The van der Waals surface area contributed by atoms with Crippen LogP contribution in [0.1, 0.15) is 5.56 Å².